The van der Waals surface area contributed by atoms with Gasteiger partial charge < -0.3 is 5.32 Å². The molecule has 114 valence electrons. The Labute approximate surface area is 122 Å². The average Bonchev–Trinajstić information content (AvgIpc) is 2.37. The van der Waals surface area contributed by atoms with Crippen molar-refractivity contribution in [3.8, 4) is 0 Å². The maximum atomic E-state index is 11.5. The average molecular weight is 311 g/mol. The largest absolute Gasteiger partial charge is 0.316 e. The molecular weight excluding hydrogens is 284 g/mol. The van der Waals surface area contributed by atoms with Gasteiger partial charge in [-0.3, -0.25) is 0 Å². The number of rotatable bonds is 8. The molecule has 1 aliphatic heterocycles. The van der Waals surface area contributed by atoms with Crippen LogP contribution in [0.25, 0.3) is 0 Å². The van der Waals surface area contributed by atoms with E-state index in [-0.39, 0.29) is 0 Å². The van der Waals surface area contributed by atoms with E-state index in [0.29, 0.717) is 30.8 Å². The lowest BCUT2D eigenvalue weighted by Crippen LogP contribution is -2.42. The number of piperidine rings is 1. The van der Waals surface area contributed by atoms with Crippen LogP contribution in [0.15, 0.2) is 0 Å². The van der Waals surface area contributed by atoms with Gasteiger partial charge in [0, 0.05) is 19.0 Å². The van der Waals surface area contributed by atoms with Gasteiger partial charge in [0.25, 0.3) is 0 Å². The standard InChI is InChI=1S/C13H27ClN2O2S/c1-3-12(6-7-14)9-15-10-13-5-4-8-16(11-13)19(2,17)18/h12-13,15H,3-11H2,1-2H3. The lowest BCUT2D eigenvalue weighted by atomic mass is 9.98. The Hall–Kier alpha value is 0.160. The van der Waals surface area contributed by atoms with Gasteiger partial charge in [-0.15, -0.1) is 11.6 Å². The Balaban J connectivity index is 2.29. The molecule has 19 heavy (non-hydrogen) atoms. The molecule has 0 bridgehead atoms. The predicted molar refractivity (Wildman–Crippen MR) is 81.1 cm³/mol. The number of halogens is 1. The summed E-state index contributed by atoms with van der Waals surface area (Å²) in [5.74, 6) is 1.79. The van der Waals surface area contributed by atoms with E-state index in [1.165, 1.54) is 6.26 Å². The summed E-state index contributed by atoms with van der Waals surface area (Å²) in [7, 11) is -3.03. The van der Waals surface area contributed by atoms with Crippen LogP contribution in [0.4, 0.5) is 0 Å². The summed E-state index contributed by atoms with van der Waals surface area (Å²) in [5.41, 5.74) is 0. The fourth-order valence-corrected chi connectivity index (χ4v) is 3.84. The first-order valence-electron chi connectivity index (χ1n) is 7.19. The SMILES string of the molecule is CCC(CCCl)CNCC1CCCN(S(C)(=O)=O)C1. The van der Waals surface area contributed by atoms with Crippen molar-refractivity contribution in [2.75, 3.05) is 38.3 Å². The van der Waals surface area contributed by atoms with Gasteiger partial charge in [-0.2, -0.15) is 0 Å². The molecule has 6 heteroatoms. The molecule has 1 saturated heterocycles. The van der Waals surface area contributed by atoms with Gasteiger partial charge in [-0.1, -0.05) is 13.3 Å². The smallest absolute Gasteiger partial charge is 0.211 e. The maximum Gasteiger partial charge on any atom is 0.211 e. The van der Waals surface area contributed by atoms with E-state index >= 15 is 0 Å². The van der Waals surface area contributed by atoms with Crippen LogP contribution in [0.3, 0.4) is 0 Å². The molecule has 1 N–H and O–H groups in total. The lowest BCUT2D eigenvalue weighted by Gasteiger charge is -2.31. The van der Waals surface area contributed by atoms with Crippen molar-refractivity contribution in [1.29, 1.82) is 0 Å². The Kier molecular flexibility index (Phi) is 7.65. The van der Waals surface area contributed by atoms with Gasteiger partial charge in [0.15, 0.2) is 0 Å². The molecule has 0 spiro atoms. The second kappa shape index (κ2) is 8.45. The molecule has 0 aromatic heterocycles. The second-order valence-corrected chi connectivity index (χ2v) is 7.90. The van der Waals surface area contributed by atoms with Gasteiger partial charge in [-0.25, -0.2) is 12.7 Å². The van der Waals surface area contributed by atoms with Crippen molar-refractivity contribution in [2.24, 2.45) is 11.8 Å². The molecule has 0 aromatic carbocycles. The van der Waals surface area contributed by atoms with Crippen LogP contribution < -0.4 is 5.32 Å². The number of sulfonamides is 1. The van der Waals surface area contributed by atoms with E-state index in [1.54, 1.807) is 4.31 Å². The van der Waals surface area contributed by atoms with Crippen LogP contribution in [0.1, 0.15) is 32.6 Å². The first-order valence-corrected chi connectivity index (χ1v) is 9.57. The van der Waals surface area contributed by atoms with Crippen molar-refractivity contribution < 1.29 is 8.42 Å². The van der Waals surface area contributed by atoms with E-state index in [2.05, 4.69) is 12.2 Å². The third-order valence-electron chi connectivity index (χ3n) is 3.91. The predicted octanol–water partition coefficient (Wildman–Crippen LogP) is 1.90. The highest BCUT2D eigenvalue weighted by atomic mass is 35.5. The summed E-state index contributed by atoms with van der Waals surface area (Å²) in [4.78, 5) is 0. The van der Waals surface area contributed by atoms with Gasteiger partial charge in [0.2, 0.25) is 10.0 Å². The first kappa shape index (κ1) is 17.2. The van der Waals surface area contributed by atoms with E-state index < -0.39 is 10.0 Å². The fourth-order valence-electron chi connectivity index (χ4n) is 2.59. The molecule has 1 aliphatic rings. The number of alkyl halides is 1. The zero-order chi connectivity index (χ0) is 14.3. The summed E-state index contributed by atoms with van der Waals surface area (Å²) in [6, 6.07) is 0. The Morgan fingerprint density at radius 2 is 2.21 bits per heavy atom. The quantitative estimate of drug-likeness (QED) is 0.697. The second-order valence-electron chi connectivity index (χ2n) is 5.54. The number of nitrogens with one attached hydrogen (secondary N) is 1. The highest BCUT2D eigenvalue weighted by Crippen LogP contribution is 2.18. The monoisotopic (exact) mass is 310 g/mol. The fraction of sp³-hybridized carbons (Fsp3) is 1.00. The van der Waals surface area contributed by atoms with E-state index in [4.69, 9.17) is 11.6 Å². The summed E-state index contributed by atoms with van der Waals surface area (Å²) in [5, 5.41) is 3.48. The van der Waals surface area contributed by atoms with Crippen molar-refractivity contribution in [3.63, 3.8) is 0 Å². The zero-order valence-corrected chi connectivity index (χ0v) is 13.6. The highest BCUT2D eigenvalue weighted by Gasteiger charge is 2.25. The minimum Gasteiger partial charge on any atom is -0.316 e. The third kappa shape index (κ3) is 6.43. The normalized spacial score (nSPS) is 23.4. The summed E-state index contributed by atoms with van der Waals surface area (Å²) >= 11 is 5.77. The molecule has 0 radical (unpaired) electrons. The van der Waals surface area contributed by atoms with Crippen LogP contribution >= 0.6 is 11.6 Å². The van der Waals surface area contributed by atoms with E-state index in [9.17, 15) is 8.42 Å². The third-order valence-corrected chi connectivity index (χ3v) is 5.40. The molecule has 0 aromatic rings. The van der Waals surface area contributed by atoms with Crippen molar-refractivity contribution in [1.82, 2.24) is 9.62 Å². The molecule has 1 fully saturated rings. The van der Waals surface area contributed by atoms with Crippen molar-refractivity contribution in [3.05, 3.63) is 0 Å². The molecule has 0 saturated carbocycles. The number of hydrogen-bond acceptors (Lipinski definition) is 3. The summed E-state index contributed by atoms with van der Waals surface area (Å²) in [6.45, 7) is 5.42. The van der Waals surface area contributed by atoms with Gasteiger partial charge in [0.1, 0.15) is 0 Å². The molecule has 1 rings (SSSR count). The Bertz CT molecular complexity index is 349. The molecular formula is C13H27ClN2O2S. The topological polar surface area (TPSA) is 49.4 Å². The van der Waals surface area contributed by atoms with Crippen molar-refractivity contribution >= 4 is 21.6 Å². The summed E-state index contributed by atoms with van der Waals surface area (Å²) in [6.07, 6.45) is 5.57. The molecule has 4 nitrogen and oxygen atoms in total. The van der Waals surface area contributed by atoms with Crippen LogP contribution in [0, 0.1) is 11.8 Å². The van der Waals surface area contributed by atoms with E-state index in [0.717, 1.165) is 38.8 Å². The van der Waals surface area contributed by atoms with Crippen LogP contribution in [-0.2, 0) is 10.0 Å². The van der Waals surface area contributed by atoms with E-state index in [1.807, 2.05) is 0 Å². The summed E-state index contributed by atoms with van der Waals surface area (Å²) < 4.78 is 24.7. The van der Waals surface area contributed by atoms with Gasteiger partial charge >= 0.3 is 0 Å². The maximum absolute atomic E-state index is 11.5. The van der Waals surface area contributed by atoms with Crippen molar-refractivity contribution in [2.45, 2.75) is 32.6 Å². The number of nitrogens with zero attached hydrogens (tertiary/aromatic N) is 1. The molecule has 2 atom stereocenters. The molecule has 0 aliphatic carbocycles. The Morgan fingerprint density at radius 1 is 1.47 bits per heavy atom. The van der Waals surface area contributed by atoms with Crippen LogP contribution in [0.2, 0.25) is 0 Å². The highest BCUT2D eigenvalue weighted by molar-refractivity contribution is 7.88. The minimum absolute atomic E-state index is 0.442. The van der Waals surface area contributed by atoms with Gasteiger partial charge in [-0.05, 0) is 44.2 Å². The molecule has 1 heterocycles. The Morgan fingerprint density at radius 3 is 2.79 bits per heavy atom. The molecule has 2 unspecified atom stereocenters. The van der Waals surface area contributed by atoms with Gasteiger partial charge in [0.05, 0.1) is 6.26 Å². The van der Waals surface area contributed by atoms with Crippen LogP contribution in [-0.4, -0.2) is 51.0 Å². The zero-order valence-electron chi connectivity index (χ0n) is 12.1. The number of hydrogen-bond donors (Lipinski definition) is 1. The van der Waals surface area contributed by atoms with Crippen LogP contribution in [0.5, 0.6) is 0 Å². The lowest BCUT2D eigenvalue weighted by molar-refractivity contribution is 0.257. The molecule has 0 amide bonds. The first-order chi connectivity index (χ1) is 8.97. The minimum atomic E-state index is -3.03.